The van der Waals surface area contributed by atoms with Gasteiger partial charge in [0.1, 0.15) is 11.3 Å². The molecule has 0 bridgehead atoms. The molecule has 1 heterocycles. The number of benzene rings is 1. The lowest BCUT2D eigenvalue weighted by atomic mass is 10.1. The Morgan fingerprint density at radius 2 is 1.62 bits per heavy atom. The monoisotopic (exact) mass is 497 g/mol. The minimum absolute atomic E-state index is 0.0317. The second-order valence-corrected chi connectivity index (χ2v) is 10.3. The highest BCUT2D eigenvalue weighted by atomic mass is 32.2. The van der Waals surface area contributed by atoms with E-state index in [9.17, 15) is 22.8 Å². The molecule has 0 aromatic heterocycles. The van der Waals surface area contributed by atoms with Gasteiger partial charge in [-0.3, -0.25) is 0 Å². The molecule has 0 aliphatic carbocycles. The van der Waals surface area contributed by atoms with Gasteiger partial charge in [-0.05, 0) is 57.9 Å². The van der Waals surface area contributed by atoms with Gasteiger partial charge in [-0.2, -0.15) is 0 Å². The summed E-state index contributed by atoms with van der Waals surface area (Å²) in [6, 6.07) is 5.32. The summed E-state index contributed by atoms with van der Waals surface area (Å²) in [6.07, 6.45) is 1.43. The Kier molecular flexibility index (Phi) is 9.05. The van der Waals surface area contributed by atoms with Crippen molar-refractivity contribution in [1.82, 2.24) is 9.62 Å². The van der Waals surface area contributed by atoms with Crippen molar-refractivity contribution in [3.05, 3.63) is 36.0 Å². The molecule has 1 aromatic rings. The molecule has 1 fully saturated rings. The van der Waals surface area contributed by atoms with E-state index in [1.165, 1.54) is 31.4 Å². The van der Waals surface area contributed by atoms with E-state index >= 15 is 0 Å². The van der Waals surface area contributed by atoms with Gasteiger partial charge in [0.05, 0.1) is 25.2 Å². The fourth-order valence-corrected chi connectivity index (χ4v) is 4.40. The van der Waals surface area contributed by atoms with E-state index in [1.807, 2.05) is 0 Å². The molecule has 1 aromatic carbocycles. The fraction of sp³-hybridized carbons (Fsp3) is 0.500. The Hall–Kier alpha value is -3.12. The summed E-state index contributed by atoms with van der Waals surface area (Å²) in [5.74, 6) is -1.55. The molecule has 1 aliphatic rings. The smallest absolute Gasteiger partial charge is 0.410 e. The molecule has 188 valence electrons. The van der Waals surface area contributed by atoms with Crippen LogP contribution in [-0.2, 0) is 33.8 Å². The average molecular weight is 498 g/mol. The second-order valence-electron chi connectivity index (χ2n) is 8.59. The topological polar surface area (TPSA) is 140 Å². The van der Waals surface area contributed by atoms with Crippen LogP contribution in [0.1, 0.15) is 33.6 Å². The first-order valence-electron chi connectivity index (χ1n) is 10.6. The van der Waals surface area contributed by atoms with Gasteiger partial charge in [0, 0.05) is 24.8 Å². The van der Waals surface area contributed by atoms with Crippen LogP contribution in [0.15, 0.2) is 40.9 Å². The number of nitrogens with one attached hydrogen (secondary N) is 2. The Morgan fingerprint density at radius 3 is 2.12 bits per heavy atom. The number of sulfonamides is 1. The lowest BCUT2D eigenvalue weighted by Crippen LogP contribution is -2.47. The predicted octanol–water partition coefficient (Wildman–Crippen LogP) is 2.01. The maximum absolute atomic E-state index is 12.8. The van der Waals surface area contributed by atoms with Gasteiger partial charge in [-0.25, -0.2) is 27.5 Å². The van der Waals surface area contributed by atoms with Crippen molar-refractivity contribution in [2.24, 2.45) is 0 Å². The molecule has 0 unspecified atom stereocenters. The van der Waals surface area contributed by atoms with Crippen LogP contribution in [-0.4, -0.2) is 70.3 Å². The van der Waals surface area contributed by atoms with Gasteiger partial charge >= 0.3 is 18.0 Å². The third-order valence-electron chi connectivity index (χ3n) is 4.78. The fourth-order valence-electron chi connectivity index (χ4n) is 3.10. The highest BCUT2D eigenvalue weighted by Crippen LogP contribution is 2.20. The highest BCUT2D eigenvalue weighted by molar-refractivity contribution is 7.89. The van der Waals surface area contributed by atoms with Gasteiger partial charge in [-0.15, -0.1) is 0 Å². The summed E-state index contributed by atoms with van der Waals surface area (Å²) >= 11 is 0. The quantitative estimate of drug-likeness (QED) is 0.329. The molecule has 12 heteroatoms. The van der Waals surface area contributed by atoms with E-state index in [0.29, 0.717) is 31.6 Å². The Morgan fingerprint density at radius 1 is 1.03 bits per heavy atom. The highest BCUT2D eigenvalue weighted by Gasteiger charge is 2.29. The molecule has 1 amide bonds. The summed E-state index contributed by atoms with van der Waals surface area (Å²) < 4.78 is 42.7. The maximum atomic E-state index is 12.8. The number of carbonyl (C=O) groups excluding carboxylic acids is 3. The predicted molar refractivity (Wildman–Crippen MR) is 123 cm³/mol. The number of likely N-dealkylation sites (tertiary alicyclic amines) is 1. The summed E-state index contributed by atoms with van der Waals surface area (Å²) in [5.41, 5.74) is -0.395. The number of nitrogens with zero attached hydrogens (tertiary/aromatic N) is 1. The van der Waals surface area contributed by atoms with Crippen molar-refractivity contribution in [1.29, 1.82) is 0 Å². The van der Waals surface area contributed by atoms with E-state index in [2.05, 4.69) is 19.5 Å². The lowest BCUT2D eigenvalue weighted by Gasteiger charge is -2.33. The molecule has 0 spiro atoms. The van der Waals surface area contributed by atoms with Crippen molar-refractivity contribution in [2.75, 3.05) is 32.6 Å². The summed E-state index contributed by atoms with van der Waals surface area (Å²) in [6.45, 7) is 6.14. The minimum Gasteiger partial charge on any atom is -0.466 e. The zero-order valence-corrected chi connectivity index (χ0v) is 20.7. The number of esters is 2. The number of methoxy groups -OCH3 is 2. The maximum Gasteiger partial charge on any atom is 0.410 e. The SMILES string of the molecule is COC(=O)/C=C(/Nc1ccc(S(=O)(=O)NC2CCN(C(=O)OC(C)(C)C)CC2)cc1)C(=O)OC. The van der Waals surface area contributed by atoms with Crippen molar-refractivity contribution in [2.45, 2.75) is 50.2 Å². The van der Waals surface area contributed by atoms with Gasteiger partial charge in [-0.1, -0.05) is 0 Å². The molecule has 1 aliphatic heterocycles. The molecule has 2 N–H and O–H groups in total. The van der Waals surface area contributed by atoms with Crippen LogP contribution in [0.4, 0.5) is 10.5 Å². The molecule has 34 heavy (non-hydrogen) atoms. The molecule has 11 nitrogen and oxygen atoms in total. The van der Waals surface area contributed by atoms with Crippen LogP contribution < -0.4 is 10.0 Å². The van der Waals surface area contributed by atoms with Gasteiger partial charge < -0.3 is 24.4 Å². The number of ether oxygens (including phenoxy) is 3. The molecular formula is C22H31N3O8S. The molecule has 0 atom stereocenters. The van der Waals surface area contributed by atoms with E-state index in [4.69, 9.17) is 4.74 Å². The molecular weight excluding hydrogens is 466 g/mol. The van der Waals surface area contributed by atoms with Crippen LogP contribution in [0, 0.1) is 0 Å². The van der Waals surface area contributed by atoms with Crippen LogP contribution in [0.2, 0.25) is 0 Å². The first-order valence-corrected chi connectivity index (χ1v) is 12.1. The van der Waals surface area contributed by atoms with Crippen molar-refractivity contribution >= 4 is 33.7 Å². The lowest BCUT2D eigenvalue weighted by molar-refractivity contribution is -0.138. The van der Waals surface area contributed by atoms with Gasteiger partial charge in [0.15, 0.2) is 0 Å². The third-order valence-corrected chi connectivity index (χ3v) is 6.32. The van der Waals surface area contributed by atoms with Crippen molar-refractivity contribution < 1.29 is 37.0 Å². The number of piperidine rings is 1. The first-order chi connectivity index (χ1) is 15.8. The summed E-state index contributed by atoms with van der Waals surface area (Å²) in [7, 11) is -1.48. The van der Waals surface area contributed by atoms with Crippen molar-refractivity contribution in [3.8, 4) is 0 Å². The van der Waals surface area contributed by atoms with E-state index in [1.54, 1.807) is 25.7 Å². The molecule has 2 rings (SSSR count). The molecule has 0 radical (unpaired) electrons. The van der Waals surface area contributed by atoms with Crippen LogP contribution in [0.5, 0.6) is 0 Å². The standard InChI is InChI=1S/C22H31N3O8S/c1-22(2,3)33-21(28)25-12-10-16(11-13-25)24-34(29,30)17-8-6-15(7-9-17)23-18(20(27)32-5)14-19(26)31-4/h6-9,14,16,23-24H,10-13H2,1-5H3/b18-14+. The van der Waals surface area contributed by atoms with Gasteiger partial charge in [0.2, 0.25) is 10.0 Å². The molecule has 1 saturated heterocycles. The summed E-state index contributed by atoms with van der Waals surface area (Å²) in [4.78, 5) is 37.1. The zero-order valence-electron chi connectivity index (χ0n) is 19.9. The Balaban J connectivity index is 2.00. The normalized spacial score (nSPS) is 15.4. The minimum atomic E-state index is -3.81. The Labute approximate surface area is 199 Å². The van der Waals surface area contributed by atoms with E-state index in [-0.39, 0.29) is 16.6 Å². The number of hydrogen-bond acceptors (Lipinski definition) is 9. The number of amides is 1. The number of anilines is 1. The largest absolute Gasteiger partial charge is 0.466 e. The molecule has 0 saturated carbocycles. The van der Waals surface area contributed by atoms with Crippen LogP contribution in [0.3, 0.4) is 0 Å². The third kappa shape index (κ3) is 8.03. The van der Waals surface area contributed by atoms with E-state index < -0.39 is 33.7 Å². The number of carbonyl (C=O) groups is 3. The first kappa shape index (κ1) is 27.1. The Bertz CT molecular complexity index is 1020. The van der Waals surface area contributed by atoms with Crippen LogP contribution >= 0.6 is 0 Å². The van der Waals surface area contributed by atoms with E-state index in [0.717, 1.165) is 13.2 Å². The average Bonchev–Trinajstić information content (AvgIpc) is 2.77. The van der Waals surface area contributed by atoms with Gasteiger partial charge in [0.25, 0.3) is 0 Å². The van der Waals surface area contributed by atoms with Crippen LogP contribution in [0.25, 0.3) is 0 Å². The summed E-state index contributed by atoms with van der Waals surface area (Å²) in [5, 5.41) is 2.71. The second kappa shape index (κ2) is 11.3. The number of hydrogen-bond donors (Lipinski definition) is 2. The van der Waals surface area contributed by atoms with Crippen molar-refractivity contribution in [3.63, 3.8) is 0 Å². The number of rotatable bonds is 7. The zero-order chi connectivity index (χ0) is 25.5.